The molecule has 0 spiro atoms. The minimum absolute atomic E-state index is 0.0392. The first-order chi connectivity index (χ1) is 9.72. The van der Waals surface area contributed by atoms with Crippen molar-refractivity contribution in [2.75, 3.05) is 19.7 Å². The highest BCUT2D eigenvalue weighted by molar-refractivity contribution is 5.68. The lowest BCUT2D eigenvalue weighted by atomic mass is 9.84. The fraction of sp³-hybridized carbons (Fsp3) is 0.562. The summed E-state index contributed by atoms with van der Waals surface area (Å²) in [6.45, 7) is 6.34. The van der Waals surface area contributed by atoms with Crippen molar-refractivity contribution in [2.24, 2.45) is 5.92 Å². The lowest BCUT2D eigenvalue weighted by Crippen LogP contribution is -2.39. The van der Waals surface area contributed by atoms with Crippen LogP contribution in [0, 0.1) is 12.8 Å². The summed E-state index contributed by atoms with van der Waals surface area (Å²) in [4.78, 5) is 11.8. The third-order valence-corrected chi connectivity index (χ3v) is 3.93. The number of hydrogen-bond acceptors (Lipinski definition) is 3. The zero-order valence-corrected chi connectivity index (χ0v) is 12.3. The number of carbonyl (C=O) groups excluding carboxylic acids is 1. The van der Waals surface area contributed by atoms with Crippen LogP contribution in [0.3, 0.4) is 0 Å². The number of carbonyl (C=O) groups is 1. The van der Waals surface area contributed by atoms with Gasteiger partial charge in [0.05, 0.1) is 12.6 Å². The van der Waals surface area contributed by atoms with Crippen LogP contribution >= 0.6 is 0 Å². The molecule has 0 aromatic heterocycles. The van der Waals surface area contributed by atoms with Gasteiger partial charge in [-0.15, -0.1) is 0 Å². The average molecular weight is 276 g/mol. The molecule has 20 heavy (non-hydrogen) atoms. The second kappa shape index (κ2) is 7.29. The molecule has 0 radical (unpaired) electrons. The standard InChI is InChI=1S/C16H24N2O2/c1-3-20-16(19)18-15(13-8-10-17-11-9-13)14-7-5-4-6-12(14)2/h4-7,13,15,17H,3,8-11H2,1-2H3,(H,18,19). The number of ether oxygens (including phenoxy) is 1. The van der Waals surface area contributed by atoms with Gasteiger partial charge in [-0.1, -0.05) is 24.3 Å². The first-order valence-corrected chi connectivity index (χ1v) is 7.42. The van der Waals surface area contributed by atoms with Gasteiger partial charge in [0, 0.05) is 0 Å². The summed E-state index contributed by atoms with van der Waals surface area (Å²) in [5.74, 6) is 0.460. The number of nitrogens with one attached hydrogen (secondary N) is 2. The molecule has 0 bridgehead atoms. The summed E-state index contributed by atoms with van der Waals surface area (Å²) in [6, 6.07) is 8.30. The predicted molar refractivity (Wildman–Crippen MR) is 79.7 cm³/mol. The van der Waals surface area contributed by atoms with E-state index in [1.807, 2.05) is 19.1 Å². The van der Waals surface area contributed by atoms with E-state index in [-0.39, 0.29) is 12.1 Å². The molecule has 0 saturated carbocycles. The number of piperidine rings is 1. The normalized spacial score (nSPS) is 17.5. The second-order valence-corrected chi connectivity index (χ2v) is 5.29. The van der Waals surface area contributed by atoms with Crippen LogP contribution in [-0.4, -0.2) is 25.8 Å². The molecule has 1 atom stereocenters. The summed E-state index contributed by atoms with van der Waals surface area (Å²) in [6.07, 6.45) is 1.83. The Morgan fingerprint density at radius 1 is 1.40 bits per heavy atom. The van der Waals surface area contributed by atoms with Crippen LogP contribution in [0.4, 0.5) is 4.79 Å². The Bertz CT molecular complexity index is 442. The Labute approximate surface area is 120 Å². The SMILES string of the molecule is CCOC(=O)NC(c1ccccc1C)C1CCNCC1. The van der Waals surface area contributed by atoms with E-state index in [0.717, 1.165) is 25.9 Å². The van der Waals surface area contributed by atoms with E-state index in [4.69, 9.17) is 4.74 Å². The molecule has 4 nitrogen and oxygen atoms in total. The minimum Gasteiger partial charge on any atom is -0.450 e. The van der Waals surface area contributed by atoms with Crippen LogP contribution in [0.15, 0.2) is 24.3 Å². The van der Waals surface area contributed by atoms with Crippen molar-refractivity contribution in [2.45, 2.75) is 32.7 Å². The molecule has 1 amide bonds. The highest BCUT2D eigenvalue weighted by Crippen LogP contribution is 2.30. The van der Waals surface area contributed by atoms with Crippen molar-refractivity contribution in [3.63, 3.8) is 0 Å². The van der Waals surface area contributed by atoms with Gasteiger partial charge in [0.2, 0.25) is 0 Å². The number of benzene rings is 1. The number of alkyl carbamates (subject to hydrolysis) is 1. The molecule has 1 aromatic rings. The van der Waals surface area contributed by atoms with Crippen LogP contribution in [0.1, 0.15) is 36.9 Å². The van der Waals surface area contributed by atoms with E-state index in [2.05, 4.69) is 29.7 Å². The van der Waals surface area contributed by atoms with Gasteiger partial charge < -0.3 is 15.4 Å². The van der Waals surface area contributed by atoms with Crippen molar-refractivity contribution in [3.8, 4) is 0 Å². The zero-order valence-electron chi connectivity index (χ0n) is 12.3. The van der Waals surface area contributed by atoms with Gasteiger partial charge in [-0.05, 0) is 56.8 Å². The maximum atomic E-state index is 11.8. The van der Waals surface area contributed by atoms with Gasteiger partial charge >= 0.3 is 6.09 Å². The van der Waals surface area contributed by atoms with Gasteiger partial charge in [0.25, 0.3) is 0 Å². The van der Waals surface area contributed by atoms with E-state index >= 15 is 0 Å². The molecule has 1 aliphatic heterocycles. The quantitative estimate of drug-likeness (QED) is 0.889. The third-order valence-electron chi connectivity index (χ3n) is 3.93. The minimum atomic E-state index is -0.320. The molecule has 2 N–H and O–H groups in total. The van der Waals surface area contributed by atoms with Crippen molar-refractivity contribution in [3.05, 3.63) is 35.4 Å². The van der Waals surface area contributed by atoms with Gasteiger partial charge in [0.15, 0.2) is 0 Å². The summed E-state index contributed by atoms with van der Waals surface area (Å²) < 4.78 is 5.06. The van der Waals surface area contributed by atoms with Crippen LogP contribution in [0.25, 0.3) is 0 Å². The Morgan fingerprint density at radius 2 is 2.10 bits per heavy atom. The molecule has 2 rings (SSSR count). The van der Waals surface area contributed by atoms with Gasteiger partial charge in [-0.2, -0.15) is 0 Å². The maximum Gasteiger partial charge on any atom is 0.407 e. The van der Waals surface area contributed by atoms with Crippen molar-refractivity contribution in [1.82, 2.24) is 10.6 Å². The second-order valence-electron chi connectivity index (χ2n) is 5.29. The number of rotatable bonds is 4. The van der Waals surface area contributed by atoms with E-state index in [9.17, 15) is 4.79 Å². The van der Waals surface area contributed by atoms with Crippen LogP contribution in [0.5, 0.6) is 0 Å². The summed E-state index contributed by atoms with van der Waals surface area (Å²) in [7, 11) is 0. The Morgan fingerprint density at radius 3 is 2.75 bits per heavy atom. The maximum absolute atomic E-state index is 11.8. The number of hydrogen-bond donors (Lipinski definition) is 2. The molecular weight excluding hydrogens is 252 g/mol. The van der Waals surface area contributed by atoms with E-state index in [1.54, 1.807) is 0 Å². The molecule has 1 aliphatic rings. The van der Waals surface area contributed by atoms with E-state index in [0.29, 0.717) is 12.5 Å². The molecular formula is C16H24N2O2. The monoisotopic (exact) mass is 276 g/mol. The number of aryl methyl sites for hydroxylation is 1. The molecule has 4 heteroatoms. The van der Waals surface area contributed by atoms with Gasteiger partial charge in [-0.3, -0.25) is 0 Å². The largest absolute Gasteiger partial charge is 0.450 e. The number of amides is 1. The van der Waals surface area contributed by atoms with Crippen molar-refractivity contribution < 1.29 is 9.53 Å². The zero-order chi connectivity index (χ0) is 14.4. The smallest absolute Gasteiger partial charge is 0.407 e. The molecule has 1 fully saturated rings. The van der Waals surface area contributed by atoms with Gasteiger partial charge in [-0.25, -0.2) is 4.79 Å². The third kappa shape index (κ3) is 3.73. The lowest BCUT2D eigenvalue weighted by molar-refractivity contribution is 0.140. The molecule has 1 aromatic carbocycles. The first-order valence-electron chi connectivity index (χ1n) is 7.42. The van der Waals surface area contributed by atoms with Crippen LogP contribution < -0.4 is 10.6 Å². The summed E-state index contributed by atoms with van der Waals surface area (Å²) in [5.41, 5.74) is 2.42. The van der Waals surface area contributed by atoms with Gasteiger partial charge in [0.1, 0.15) is 0 Å². The molecule has 1 saturated heterocycles. The first kappa shape index (κ1) is 14.9. The van der Waals surface area contributed by atoms with Crippen molar-refractivity contribution in [1.29, 1.82) is 0 Å². The topological polar surface area (TPSA) is 50.4 Å². The molecule has 1 unspecified atom stereocenters. The highest BCUT2D eigenvalue weighted by atomic mass is 16.5. The lowest BCUT2D eigenvalue weighted by Gasteiger charge is -2.32. The molecule has 0 aliphatic carbocycles. The van der Waals surface area contributed by atoms with E-state index in [1.165, 1.54) is 11.1 Å². The van der Waals surface area contributed by atoms with Crippen LogP contribution in [0.2, 0.25) is 0 Å². The molecule has 1 heterocycles. The fourth-order valence-corrected chi connectivity index (χ4v) is 2.86. The Kier molecular flexibility index (Phi) is 5.41. The van der Waals surface area contributed by atoms with Crippen LogP contribution in [-0.2, 0) is 4.74 Å². The predicted octanol–water partition coefficient (Wildman–Crippen LogP) is 2.78. The van der Waals surface area contributed by atoms with Crippen molar-refractivity contribution >= 4 is 6.09 Å². The highest BCUT2D eigenvalue weighted by Gasteiger charge is 2.27. The fourth-order valence-electron chi connectivity index (χ4n) is 2.86. The average Bonchev–Trinajstić information content (AvgIpc) is 2.47. The Hall–Kier alpha value is -1.55. The Balaban J connectivity index is 2.19. The molecule has 110 valence electrons. The van der Waals surface area contributed by atoms with E-state index < -0.39 is 0 Å². The summed E-state index contributed by atoms with van der Waals surface area (Å²) >= 11 is 0. The summed E-state index contributed by atoms with van der Waals surface area (Å²) in [5, 5.41) is 6.43.